The highest BCUT2D eigenvalue weighted by molar-refractivity contribution is 5.87. The number of aromatic nitrogens is 2. The van der Waals surface area contributed by atoms with Crippen LogP contribution >= 0.6 is 0 Å². The third kappa shape index (κ3) is 2.04. The van der Waals surface area contributed by atoms with Gasteiger partial charge >= 0.3 is 5.97 Å². The first-order chi connectivity index (χ1) is 7.27. The zero-order valence-corrected chi connectivity index (χ0v) is 8.25. The van der Waals surface area contributed by atoms with Crippen LogP contribution in [-0.2, 0) is 7.05 Å². The van der Waals surface area contributed by atoms with Gasteiger partial charge in [-0.15, -0.1) is 0 Å². The van der Waals surface area contributed by atoms with E-state index >= 15 is 0 Å². The molecule has 0 fully saturated rings. The van der Waals surface area contributed by atoms with Gasteiger partial charge in [0, 0.05) is 19.4 Å². The second kappa shape index (κ2) is 3.96. The largest absolute Gasteiger partial charge is 0.421 e. The van der Waals surface area contributed by atoms with E-state index in [1.54, 1.807) is 48.3 Å². The Morgan fingerprint density at radius 1 is 1.33 bits per heavy atom. The van der Waals surface area contributed by atoms with Gasteiger partial charge in [-0.2, -0.15) is 0 Å². The normalized spacial score (nSPS) is 9.93. The molecule has 0 aliphatic heterocycles. The van der Waals surface area contributed by atoms with Crippen LogP contribution in [0, 0.1) is 0 Å². The van der Waals surface area contributed by atoms with Crippen molar-refractivity contribution in [1.29, 1.82) is 0 Å². The van der Waals surface area contributed by atoms with Gasteiger partial charge in [0.1, 0.15) is 5.75 Å². The molecular formula is C11H10N2O2. The second-order valence-electron chi connectivity index (χ2n) is 3.06. The first kappa shape index (κ1) is 9.45. The number of rotatable bonds is 2. The number of benzene rings is 1. The van der Waals surface area contributed by atoms with Crippen molar-refractivity contribution >= 4 is 5.97 Å². The predicted molar refractivity (Wildman–Crippen MR) is 54.6 cm³/mol. The molecule has 0 bridgehead atoms. The van der Waals surface area contributed by atoms with Crippen LogP contribution in [0.15, 0.2) is 42.7 Å². The average molecular weight is 202 g/mol. The molecule has 15 heavy (non-hydrogen) atoms. The Balaban J connectivity index is 2.15. The maximum Gasteiger partial charge on any atom is 0.379 e. The summed E-state index contributed by atoms with van der Waals surface area (Å²) in [5.74, 6) is 0.359. The molecule has 0 radical (unpaired) electrons. The lowest BCUT2D eigenvalue weighted by Gasteiger charge is -2.03. The summed E-state index contributed by atoms with van der Waals surface area (Å²) in [4.78, 5) is 15.5. The summed E-state index contributed by atoms with van der Waals surface area (Å²) in [5.41, 5.74) is 0. The summed E-state index contributed by atoms with van der Waals surface area (Å²) in [6, 6.07) is 8.92. The van der Waals surface area contributed by atoms with Crippen molar-refractivity contribution in [2.45, 2.75) is 0 Å². The lowest BCUT2D eigenvalue weighted by atomic mass is 10.3. The first-order valence-electron chi connectivity index (χ1n) is 4.52. The van der Waals surface area contributed by atoms with E-state index in [4.69, 9.17) is 4.74 Å². The number of esters is 1. The van der Waals surface area contributed by atoms with Crippen molar-refractivity contribution in [2.75, 3.05) is 0 Å². The molecule has 0 aliphatic rings. The molecule has 0 atom stereocenters. The van der Waals surface area contributed by atoms with Crippen molar-refractivity contribution < 1.29 is 9.53 Å². The molecule has 1 aromatic carbocycles. The van der Waals surface area contributed by atoms with E-state index in [-0.39, 0.29) is 0 Å². The molecular weight excluding hydrogens is 192 g/mol. The molecule has 0 spiro atoms. The molecule has 4 heteroatoms. The van der Waals surface area contributed by atoms with Gasteiger partial charge in [-0.1, -0.05) is 18.2 Å². The molecule has 1 heterocycles. The molecule has 1 aromatic heterocycles. The van der Waals surface area contributed by atoms with Crippen molar-refractivity contribution in [2.24, 2.45) is 7.05 Å². The average Bonchev–Trinajstić information content (AvgIpc) is 2.66. The van der Waals surface area contributed by atoms with E-state index in [1.807, 2.05) is 6.07 Å². The SMILES string of the molecule is Cn1ccnc1C(=O)Oc1ccccc1. The van der Waals surface area contributed by atoms with Crippen LogP contribution in [0.3, 0.4) is 0 Å². The van der Waals surface area contributed by atoms with Crippen LogP contribution in [-0.4, -0.2) is 15.5 Å². The van der Waals surface area contributed by atoms with Crippen molar-refractivity contribution in [3.63, 3.8) is 0 Å². The maximum atomic E-state index is 11.6. The van der Waals surface area contributed by atoms with Crippen molar-refractivity contribution in [3.8, 4) is 5.75 Å². The Labute approximate surface area is 87.1 Å². The lowest BCUT2D eigenvalue weighted by molar-refractivity contribution is 0.0718. The molecule has 0 aliphatic carbocycles. The number of hydrogen-bond acceptors (Lipinski definition) is 3. The highest BCUT2D eigenvalue weighted by Gasteiger charge is 2.12. The van der Waals surface area contributed by atoms with Gasteiger partial charge in [-0.05, 0) is 12.1 Å². The molecule has 2 rings (SSSR count). The van der Waals surface area contributed by atoms with E-state index in [1.165, 1.54) is 0 Å². The fourth-order valence-corrected chi connectivity index (χ4v) is 1.20. The molecule has 4 nitrogen and oxygen atoms in total. The van der Waals surface area contributed by atoms with E-state index in [0.29, 0.717) is 11.6 Å². The molecule has 0 unspecified atom stereocenters. The topological polar surface area (TPSA) is 44.1 Å². The maximum absolute atomic E-state index is 11.6. The fraction of sp³-hybridized carbons (Fsp3) is 0.0909. The van der Waals surface area contributed by atoms with Gasteiger partial charge in [0.25, 0.3) is 0 Å². The fourth-order valence-electron chi connectivity index (χ4n) is 1.20. The summed E-state index contributed by atoms with van der Waals surface area (Å²) in [5, 5.41) is 0. The number of ether oxygens (including phenoxy) is 1. The minimum atomic E-state index is -0.450. The van der Waals surface area contributed by atoms with Gasteiger partial charge in [0.15, 0.2) is 0 Å². The monoisotopic (exact) mass is 202 g/mol. The quantitative estimate of drug-likeness (QED) is 0.549. The Bertz CT molecular complexity index is 462. The Morgan fingerprint density at radius 3 is 2.67 bits per heavy atom. The van der Waals surface area contributed by atoms with E-state index in [2.05, 4.69) is 4.98 Å². The number of aryl methyl sites for hydroxylation is 1. The van der Waals surface area contributed by atoms with E-state index < -0.39 is 5.97 Å². The number of nitrogens with zero attached hydrogens (tertiary/aromatic N) is 2. The summed E-state index contributed by atoms with van der Waals surface area (Å²) in [6.07, 6.45) is 3.25. The van der Waals surface area contributed by atoms with Gasteiger partial charge in [-0.25, -0.2) is 9.78 Å². The summed E-state index contributed by atoms with van der Waals surface area (Å²) < 4.78 is 6.73. The highest BCUT2D eigenvalue weighted by atomic mass is 16.5. The summed E-state index contributed by atoms with van der Waals surface area (Å²) in [6.45, 7) is 0. The van der Waals surface area contributed by atoms with E-state index in [0.717, 1.165) is 0 Å². The molecule has 0 saturated heterocycles. The third-order valence-corrected chi connectivity index (χ3v) is 1.96. The number of hydrogen-bond donors (Lipinski definition) is 0. The van der Waals surface area contributed by atoms with Crippen LogP contribution in [0.1, 0.15) is 10.6 Å². The molecule has 2 aromatic rings. The van der Waals surface area contributed by atoms with Gasteiger partial charge < -0.3 is 9.30 Å². The number of carbonyl (C=O) groups excluding carboxylic acids is 1. The third-order valence-electron chi connectivity index (χ3n) is 1.96. The van der Waals surface area contributed by atoms with Crippen LogP contribution in [0.2, 0.25) is 0 Å². The van der Waals surface area contributed by atoms with Crippen molar-refractivity contribution in [3.05, 3.63) is 48.5 Å². The Kier molecular flexibility index (Phi) is 2.49. The van der Waals surface area contributed by atoms with E-state index in [9.17, 15) is 4.79 Å². The lowest BCUT2D eigenvalue weighted by Crippen LogP contribution is -2.13. The number of imidazole rings is 1. The van der Waals surface area contributed by atoms with Crippen molar-refractivity contribution in [1.82, 2.24) is 9.55 Å². The predicted octanol–water partition coefficient (Wildman–Crippen LogP) is 1.64. The van der Waals surface area contributed by atoms with Gasteiger partial charge in [0.2, 0.25) is 5.82 Å². The number of carbonyl (C=O) groups is 1. The van der Waals surface area contributed by atoms with Crippen LogP contribution in [0.25, 0.3) is 0 Å². The standard InChI is InChI=1S/C11H10N2O2/c1-13-8-7-12-10(13)11(14)15-9-5-3-2-4-6-9/h2-8H,1H3. The molecule has 0 N–H and O–H groups in total. The van der Waals surface area contributed by atoms with Crippen LogP contribution in [0.5, 0.6) is 5.75 Å². The minimum Gasteiger partial charge on any atom is -0.421 e. The highest BCUT2D eigenvalue weighted by Crippen LogP contribution is 2.10. The van der Waals surface area contributed by atoms with Crippen LogP contribution in [0.4, 0.5) is 0 Å². The summed E-state index contributed by atoms with van der Waals surface area (Å²) in [7, 11) is 1.74. The van der Waals surface area contributed by atoms with Gasteiger partial charge in [0.05, 0.1) is 0 Å². The molecule has 76 valence electrons. The minimum absolute atomic E-state index is 0.291. The van der Waals surface area contributed by atoms with Gasteiger partial charge in [-0.3, -0.25) is 0 Å². The Morgan fingerprint density at radius 2 is 2.07 bits per heavy atom. The van der Waals surface area contributed by atoms with Crippen LogP contribution < -0.4 is 4.74 Å². The summed E-state index contributed by atoms with van der Waals surface area (Å²) >= 11 is 0. The zero-order chi connectivity index (χ0) is 10.7. The second-order valence-corrected chi connectivity index (χ2v) is 3.06. The first-order valence-corrected chi connectivity index (χ1v) is 4.52. The Hall–Kier alpha value is -2.10. The molecule has 0 amide bonds. The smallest absolute Gasteiger partial charge is 0.379 e. The zero-order valence-electron chi connectivity index (χ0n) is 8.25. The number of para-hydroxylation sites is 1. The molecule has 0 saturated carbocycles.